The third-order valence-corrected chi connectivity index (χ3v) is 11.6. The topological polar surface area (TPSA) is 575 Å². The summed E-state index contributed by atoms with van der Waals surface area (Å²) in [5.74, 6) is 0.376. The van der Waals surface area contributed by atoms with E-state index >= 15 is 0 Å². The number of aliphatic hydroxyl groups excluding tert-OH is 6. The Morgan fingerprint density at radius 2 is 0.690 bits per heavy atom. The number of fused-ring (bicyclic) bond motifs is 3. The number of hydrogen-bond donors (Lipinski definition) is 9. The van der Waals surface area contributed by atoms with Gasteiger partial charge < -0.3 is 119 Å². The monoisotopic (exact) mass is 1150 g/mol. The third-order valence-electron chi connectivity index (χ3n) is 10.2. The standard InChI is InChI=1S/3C10H14N5O7P.2Co/c3*11-8-5-9(13-2-12-8)15(3-14-5)10-7(17)6(16)4(22-10)1-21-23(18,19)20;;/h3*2-4,6-7,10,16-17H,1H2,(H2,11,12,13)(H2,18,19,20);;/q;;;2*+3/p-6/t3*4-,6-,7-,10-;;/m111../s1. The van der Waals surface area contributed by atoms with Gasteiger partial charge in [0.15, 0.2) is 53.1 Å². The first-order chi connectivity index (χ1) is 32.3. The molecule has 3 aliphatic rings. The Labute approximate surface area is 415 Å². The molecule has 0 bridgehead atoms. The van der Waals surface area contributed by atoms with E-state index < -0.39 is 117 Å². The number of ether oxygens (including phenoxy) is 3. The van der Waals surface area contributed by atoms with Crippen molar-refractivity contribution < 1.29 is 135 Å². The van der Waals surface area contributed by atoms with Crippen LogP contribution in [0.5, 0.6) is 0 Å². The number of hydrogen-bond acceptors (Lipinski definition) is 33. The summed E-state index contributed by atoms with van der Waals surface area (Å²) >= 11 is 0. The van der Waals surface area contributed by atoms with Gasteiger partial charge in [-0.3, -0.25) is 13.7 Å². The minimum absolute atomic E-state index is 0. The Morgan fingerprint density at radius 1 is 0.451 bits per heavy atom. The molecule has 71 heavy (non-hydrogen) atoms. The summed E-state index contributed by atoms with van der Waals surface area (Å²) in [4.78, 5) is 98.3. The molecular weight excluding hydrogens is 1120 g/mol. The van der Waals surface area contributed by atoms with Crippen LogP contribution in [0.15, 0.2) is 38.0 Å². The predicted octanol–water partition coefficient (Wildman–Crippen LogP) is -9.39. The quantitative estimate of drug-likeness (QED) is 0.0514. The van der Waals surface area contributed by atoms with Crippen molar-refractivity contribution in [2.75, 3.05) is 37.0 Å². The van der Waals surface area contributed by atoms with E-state index in [4.69, 9.17) is 31.4 Å². The number of rotatable bonds is 12. The summed E-state index contributed by atoms with van der Waals surface area (Å²) in [7, 11) is -15.7. The molecule has 3 saturated heterocycles. The summed E-state index contributed by atoms with van der Waals surface area (Å²) < 4.78 is 63.8. The van der Waals surface area contributed by atoms with Gasteiger partial charge in [-0.15, -0.1) is 0 Å². The van der Waals surface area contributed by atoms with Gasteiger partial charge in [0.05, 0.1) is 62.3 Å². The van der Waals surface area contributed by atoms with Gasteiger partial charge in [0.2, 0.25) is 0 Å². The Hall–Kier alpha value is -3.97. The van der Waals surface area contributed by atoms with Crippen LogP contribution in [0, 0.1) is 0 Å². The summed E-state index contributed by atoms with van der Waals surface area (Å²) in [6, 6.07) is 0. The Bertz CT molecular complexity index is 2610. The number of imidazole rings is 3. The second-order valence-electron chi connectivity index (χ2n) is 14.6. The SMILES string of the molecule is Nc1ncnc2c1ncn2[C@@H]1O[C@H](COP(=O)([O-])[O-])[C@@H](O)[C@H]1O.Nc1ncnc2c1ncn2[C@@H]1O[C@H](COP(=O)([O-])[O-])[C@@H](O)[C@H]1O.Nc1ncnc2c1ncn2[C@@H]1O[C@H](COP(=O)([O-])[O-])[C@@H](O)[C@H]1O.[Co+3].[Co+3]. The molecule has 0 saturated carbocycles. The normalized spacial score (nSPS) is 27.7. The van der Waals surface area contributed by atoms with Crippen molar-refractivity contribution in [1.82, 2.24) is 58.6 Å². The molecule has 390 valence electrons. The molecule has 3 fully saturated rings. The third kappa shape index (κ3) is 13.2. The van der Waals surface area contributed by atoms with E-state index in [2.05, 4.69) is 58.4 Å². The van der Waals surface area contributed by atoms with E-state index in [0.29, 0.717) is 0 Å². The first-order valence-electron chi connectivity index (χ1n) is 19.2. The second kappa shape index (κ2) is 23.1. The smallest absolute Gasteiger partial charge is 0.790 e. The van der Waals surface area contributed by atoms with E-state index in [-0.39, 0.29) is 84.5 Å². The summed E-state index contributed by atoms with van der Waals surface area (Å²) in [5, 5.41) is 60.0. The molecule has 6 aromatic heterocycles. The fourth-order valence-electron chi connectivity index (χ4n) is 6.95. The molecule has 9 rings (SSSR count). The summed E-state index contributed by atoms with van der Waals surface area (Å²) in [5.41, 5.74) is 18.6. The molecule has 12 N–H and O–H groups in total. The number of aromatic nitrogens is 12. The largest absolute Gasteiger partial charge is 3.00 e. The van der Waals surface area contributed by atoms with Gasteiger partial charge in [-0.25, -0.2) is 44.9 Å². The second-order valence-corrected chi connectivity index (χ2v) is 18.1. The molecular formula is C30H36Co2N15O21P3. The van der Waals surface area contributed by atoms with E-state index in [0.717, 1.165) is 0 Å². The minimum atomic E-state index is -5.22. The van der Waals surface area contributed by atoms with Crippen LogP contribution in [0.1, 0.15) is 18.7 Å². The van der Waals surface area contributed by atoms with Gasteiger partial charge in [-0.2, -0.15) is 0 Å². The van der Waals surface area contributed by atoms with Crippen molar-refractivity contribution in [3.63, 3.8) is 0 Å². The molecule has 0 radical (unpaired) electrons. The van der Waals surface area contributed by atoms with Crippen molar-refractivity contribution in [1.29, 1.82) is 0 Å². The van der Waals surface area contributed by atoms with Gasteiger partial charge in [0, 0.05) is 0 Å². The summed E-state index contributed by atoms with van der Waals surface area (Å²) in [6.45, 7) is -2.16. The van der Waals surface area contributed by atoms with Crippen molar-refractivity contribution >= 4 is 74.4 Å². The number of nitrogen functional groups attached to an aromatic ring is 3. The Balaban J connectivity index is 0.000000195. The zero-order chi connectivity index (χ0) is 50.3. The maximum absolute atomic E-state index is 10.5. The number of nitrogens with zero attached hydrogens (tertiary/aromatic N) is 12. The van der Waals surface area contributed by atoms with Crippen LogP contribution in [0.2, 0.25) is 0 Å². The van der Waals surface area contributed by atoms with Gasteiger partial charge in [0.1, 0.15) is 90.5 Å². The Kier molecular flexibility index (Phi) is 18.8. The maximum Gasteiger partial charge on any atom is 3.00 e. The van der Waals surface area contributed by atoms with Crippen molar-refractivity contribution in [3.05, 3.63) is 38.0 Å². The average molecular weight is 1150 g/mol. The van der Waals surface area contributed by atoms with Crippen LogP contribution in [0.3, 0.4) is 0 Å². The number of phosphoric acid groups is 3. The van der Waals surface area contributed by atoms with Crippen molar-refractivity contribution in [2.24, 2.45) is 0 Å². The summed E-state index contributed by atoms with van der Waals surface area (Å²) in [6.07, 6.45) is -8.24. The molecule has 0 aliphatic carbocycles. The number of aliphatic hydroxyl groups is 6. The fourth-order valence-corrected chi connectivity index (χ4v) is 7.94. The van der Waals surface area contributed by atoms with Crippen LogP contribution in [-0.4, -0.2) is 164 Å². The van der Waals surface area contributed by atoms with Crippen molar-refractivity contribution in [3.8, 4) is 0 Å². The molecule has 0 aromatic carbocycles. The maximum atomic E-state index is 10.5. The number of phosphoric ester groups is 3. The van der Waals surface area contributed by atoms with Gasteiger partial charge in [0.25, 0.3) is 0 Å². The molecule has 0 unspecified atom stereocenters. The minimum Gasteiger partial charge on any atom is -0.790 e. The molecule has 6 aromatic rings. The molecule has 9 heterocycles. The van der Waals surface area contributed by atoms with E-state index in [1.165, 1.54) is 51.7 Å². The van der Waals surface area contributed by atoms with E-state index in [1.54, 1.807) is 0 Å². The molecule has 0 spiro atoms. The zero-order valence-corrected chi connectivity index (χ0v) is 39.7. The first-order valence-corrected chi connectivity index (χ1v) is 23.5. The van der Waals surface area contributed by atoms with Crippen LogP contribution < -0.4 is 46.6 Å². The van der Waals surface area contributed by atoms with Crippen LogP contribution >= 0.6 is 23.5 Å². The zero-order valence-electron chi connectivity index (χ0n) is 34.9. The van der Waals surface area contributed by atoms with Gasteiger partial charge >= 0.3 is 33.6 Å². The van der Waals surface area contributed by atoms with Crippen molar-refractivity contribution in [2.45, 2.75) is 73.6 Å². The number of anilines is 3. The Morgan fingerprint density at radius 3 is 0.915 bits per heavy atom. The fraction of sp³-hybridized carbons (Fsp3) is 0.500. The average Bonchev–Trinajstić information content (AvgIpc) is 4.14. The molecule has 12 atom stereocenters. The van der Waals surface area contributed by atoms with Crippen LogP contribution in [0.25, 0.3) is 33.5 Å². The van der Waals surface area contributed by atoms with Crippen LogP contribution in [0.4, 0.5) is 17.5 Å². The van der Waals surface area contributed by atoms with Gasteiger partial charge in [-0.1, -0.05) is 0 Å². The first kappa shape index (κ1) is 57.9. The number of nitrogens with two attached hydrogens (primary N) is 3. The molecule has 0 amide bonds. The molecule has 3 aliphatic heterocycles. The molecule has 41 heteroatoms. The van der Waals surface area contributed by atoms with Crippen LogP contribution in [-0.2, 0) is 75.0 Å². The predicted molar refractivity (Wildman–Crippen MR) is 208 cm³/mol. The van der Waals surface area contributed by atoms with Gasteiger partial charge in [-0.05, 0) is 0 Å². The molecule has 36 nitrogen and oxygen atoms in total. The van der Waals surface area contributed by atoms with E-state index in [9.17, 15) is 73.7 Å². The van der Waals surface area contributed by atoms with E-state index in [1.807, 2.05) is 0 Å².